The molecule has 2 aliphatic heterocycles. The van der Waals surface area contributed by atoms with Crippen molar-refractivity contribution in [1.29, 1.82) is 0 Å². The Bertz CT molecular complexity index is 279. The molecular formula is C16H33N3O. The lowest BCUT2D eigenvalue weighted by atomic mass is 9.85. The molecule has 0 aromatic heterocycles. The lowest BCUT2D eigenvalue weighted by Crippen LogP contribution is -2.49. The number of ether oxygens (including phenoxy) is 1. The molecule has 0 bridgehead atoms. The predicted octanol–water partition coefficient (Wildman–Crippen LogP) is 1.42. The fourth-order valence-electron chi connectivity index (χ4n) is 3.68. The van der Waals surface area contributed by atoms with E-state index in [1.807, 2.05) is 0 Å². The molecule has 0 spiro atoms. The first-order chi connectivity index (χ1) is 9.69. The van der Waals surface area contributed by atoms with Crippen molar-refractivity contribution in [3.63, 3.8) is 0 Å². The maximum Gasteiger partial charge on any atom is 0.0547 e. The van der Waals surface area contributed by atoms with Crippen LogP contribution in [0, 0.1) is 5.41 Å². The summed E-state index contributed by atoms with van der Waals surface area (Å²) in [7, 11) is 2.26. The Balaban J connectivity index is 2.00. The molecule has 1 N–H and O–H groups in total. The van der Waals surface area contributed by atoms with Crippen LogP contribution in [-0.4, -0.2) is 75.4 Å². The summed E-state index contributed by atoms with van der Waals surface area (Å²) < 4.78 is 5.74. The molecule has 2 unspecified atom stereocenters. The Morgan fingerprint density at radius 2 is 2.15 bits per heavy atom. The molecule has 0 radical (unpaired) electrons. The summed E-state index contributed by atoms with van der Waals surface area (Å²) in [4.78, 5) is 5.24. The van der Waals surface area contributed by atoms with Crippen LogP contribution in [0.4, 0.5) is 0 Å². The SMILES string of the molecule is CCNCC1(CN2CCCN(C)CC2CC)CCOC1. The van der Waals surface area contributed by atoms with E-state index in [9.17, 15) is 0 Å². The van der Waals surface area contributed by atoms with Gasteiger partial charge < -0.3 is 15.0 Å². The molecule has 20 heavy (non-hydrogen) atoms. The molecule has 0 aromatic carbocycles. The first-order valence-electron chi connectivity index (χ1n) is 8.40. The van der Waals surface area contributed by atoms with Crippen molar-refractivity contribution in [2.45, 2.75) is 39.2 Å². The van der Waals surface area contributed by atoms with Gasteiger partial charge in [0.2, 0.25) is 0 Å². The van der Waals surface area contributed by atoms with E-state index in [-0.39, 0.29) is 0 Å². The quantitative estimate of drug-likeness (QED) is 0.798. The maximum atomic E-state index is 5.74. The van der Waals surface area contributed by atoms with Crippen LogP contribution in [0.25, 0.3) is 0 Å². The highest BCUT2D eigenvalue weighted by Gasteiger charge is 2.38. The van der Waals surface area contributed by atoms with Gasteiger partial charge in [0.1, 0.15) is 0 Å². The Morgan fingerprint density at radius 3 is 2.80 bits per heavy atom. The van der Waals surface area contributed by atoms with Crippen molar-refractivity contribution in [1.82, 2.24) is 15.1 Å². The molecule has 0 saturated carbocycles. The fourth-order valence-corrected chi connectivity index (χ4v) is 3.68. The molecule has 2 saturated heterocycles. The van der Waals surface area contributed by atoms with Crippen molar-refractivity contribution in [3.8, 4) is 0 Å². The first kappa shape index (κ1) is 16.2. The number of nitrogens with one attached hydrogen (secondary N) is 1. The molecule has 2 fully saturated rings. The van der Waals surface area contributed by atoms with E-state index in [0.717, 1.165) is 26.3 Å². The van der Waals surface area contributed by atoms with E-state index in [2.05, 4.69) is 36.0 Å². The molecule has 118 valence electrons. The summed E-state index contributed by atoms with van der Waals surface area (Å²) >= 11 is 0. The minimum atomic E-state index is 0.340. The molecule has 2 heterocycles. The van der Waals surface area contributed by atoms with Crippen LogP contribution in [0.1, 0.15) is 33.1 Å². The third kappa shape index (κ3) is 4.17. The third-order valence-corrected chi connectivity index (χ3v) is 4.97. The summed E-state index contributed by atoms with van der Waals surface area (Å²) in [6.07, 6.45) is 3.76. The zero-order valence-corrected chi connectivity index (χ0v) is 13.7. The van der Waals surface area contributed by atoms with E-state index in [0.29, 0.717) is 11.5 Å². The zero-order valence-electron chi connectivity index (χ0n) is 13.7. The van der Waals surface area contributed by atoms with Gasteiger partial charge in [0.15, 0.2) is 0 Å². The van der Waals surface area contributed by atoms with Crippen LogP contribution in [0.2, 0.25) is 0 Å². The molecule has 2 aliphatic rings. The van der Waals surface area contributed by atoms with Crippen molar-refractivity contribution in [2.75, 3.05) is 59.5 Å². The largest absolute Gasteiger partial charge is 0.381 e. The van der Waals surface area contributed by atoms with Gasteiger partial charge in [0, 0.05) is 37.7 Å². The Kier molecular flexibility index (Phi) is 6.27. The maximum absolute atomic E-state index is 5.74. The molecule has 2 atom stereocenters. The van der Waals surface area contributed by atoms with Crippen molar-refractivity contribution in [3.05, 3.63) is 0 Å². The predicted molar refractivity (Wildman–Crippen MR) is 84.2 cm³/mol. The van der Waals surface area contributed by atoms with Crippen LogP contribution < -0.4 is 5.32 Å². The average Bonchev–Trinajstić information content (AvgIpc) is 2.83. The van der Waals surface area contributed by atoms with E-state index in [4.69, 9.17) is 4.74 Å². The second-order valence-corrected chi connectivity index (χ2v) is 6.73. The molecular weight excluding hydrogens is 250 g/mol. The summed E-state index contributed by atoms with van der Waals surface area (Å²) in [6, 6.07) is 0.710. The fraction of sp³-hybridized carbons (Fsp3) is 1.00. The van der Waals surface area contributed by atoms with Crippen molar-refractivity contribution < 1.29 is 4.74 Å². The van der Waals surface area contributed by atoms with Crippen LogP contribution in [0.5, 0.6) is 0 Å². The monoisotopic (exact) mass is 283 g/mol. The lowest BCUT2D eigenvalue weighted by Gasteiger charge is -2.38. The van der Waals surface area contributed by atoms with Gasteiger partial charge in [0.05, 0.1) is 6.61 Å². The Labute approximate surface area is 124 Å². The van der Waals surface area contributed by atoms with E-state index < -0.39 is 0 Å². The van der Waals surface area contributed by atoms with Gasteiger partial charge in [-0.1, -0.05) is 13.8 Å². The lowest BCUT2D eigenvalue weighted by molar-refractivity contribution is 0.0837. The normalized spacial score (nSPS) is 33.5. The number of hydrogen-bond acceptors (Lipinski definition) is 4. The number of rotatable bonds is 6. The van der Waals surface area contributed by atoms with Gasteiger partial charge in [-0.2, -0.15) is 0 Å². The molecule has 0 aliphatic carbocycles. The first-order valence-corrected chi connectivity index (χ1v) is 8.40. The highest BCUT2D eigenvalue weighted by molar-refractivity contribution is 4.91. The van der Waals surface area contributed by atoms with Gasteiger partial charge in [-0.25, -0.2) is 0 Å². The number of likely N-dealkylation sites (N-methyl/N-ethyl adjacent to an activating group) is 1. The minimum absolute atomic E-state index is 0.340. The minimum Gasteiger partial charge on any atom is -0.381 e. The van der Waals surface area contributed by atoms with E-state index in [1.165, 1.54) is 45.4 Å². The van der Waals surface area contributed by atoms with Gasteiger partial charge in [-0.05, 0) is 45.9 Å². The van der Waals surface area contributed by atoms with Crippen LogP contribution in [0.3, 0.4) is 0 Å². The zero-order chi connectivity index (χ0) is 14.4. The van der Waals surface area contributed by atoms with Crippen LogP contribution >= 0.6 is 0 Å². The third-order valence-electron chi connectivity index (χ3n) is 4.97. The standard InChI is InChI=1S/C16H33N3O/c1-4-15-11-18(3)8-6-9-19(15)13-16(12-17-5-2)7-10-20-14-16/h15,17H,4-14H2,1-3H3. The summed E-state index contributed by atoms with van der Waals surface area (Å²) in [5.74, 6) is 0. The van der Waals surface area contributed by atoms with Gasteiger partial charge in [-0.3, -0.25) is 4.90 Å². The topological polar surface area (TPSA) is 27.7 Å². The highest BCUT2D eigenvalue weighted by atomic mass is 16.5. The molecule has 0 amide bonds. The van der Waals surface area contributed by atoms with E-state index >= 15 is 0 Å². The average molecular weight is 283 g/mol. The molecule has 4 nitrogen and oxygen atoms in total. The second-order valence-electron chi connectivity index (χ2n) is 6.73. The van der Waals surface area contributed by atoms with Gasteiger partial charge in [-0.15, -0.1) is 0 Å². The molecule has 2 rings (SSSR count). The summed E-state index contributed by atoms with van der Waals surface area (Å²) in [6.45, 7) is 13.5. The molecule has 0 aromatic rings. The molecule has 4 heteroatoms. The van der Waals surface area contributed by atoms with Crippen molar-refractivity contribution in [2.24, 2.45) is 5.41 Å². The Morgan fingerprint density at radius 1 is 1.30 bits per heavy atom. The van der Waals surface area contributed by atoms with Crippen molar-refractivity contribution >= 4 is 0 Å². The van der Waals surface area contributed by atoms with Gasteiger partial charge in [0.25, 0.3) is 0 Å². The van der Waals surface area contributed by atoms with Crippen LogP contribution in [0.15, 0.2) is 0 Å². The van der Waals surface area contributed by atoms with E-state index in [1.54, 1.807) is 0 Å². The highest BCUT2D eigenvalue weighted by Crippen LogP contribution is 2.30. The Hall–Kier alpha value is -0.160. The number of hydrogen-bond donors (Lipinski definition) is 1. The smallest absolute Gasteiger partial charge is 0.0547 e. The van der Waals surface area contributed by atoms with Gasteiger partial charge >= 0.3 is 0 Å². The summed E-state index contributed by atoms with van der Waals surface area (Å²) in [5.41, 5.74) is 0.340. The summed E-state index contributed by atoms with van der Waals surface area (Å²) in [5, 5.41) is 3.56. The second kappa shape index (κ2) is 7.74. The van der Waals surface area contributed by atoms with Crippen LogP contribution in [-0.2, 0) is 4.74 Å². The number of nitrogens with zero attached hydrogens (tertiary/aromatic N) is 2.